The largest absolute Gasteiger partial charge is 0.504 e. The second-order valence-electron chi connectivity index (χ2n) is 6.14. The number of ether oxygens (including phenoxy) is 1. The number of aryl methyl sites for hydroxylation is 1. The SMILES string of the molecule is CCOc1cc(/C=C2\C(=O)NC(=O)N(c3ccc(CC)cc3)C2=O)ccc1O. The van der Waals surface area contributed by atoms with Crippen molar-refractivity contribution < 1.29 is 24.2 Å². The number of hydrogen-bond donors (Lipinski definition) is 2. The van der Waals surface area contributed by atoms with Crippen LogP contribution in [0, 0.1) is 0 Å². The summed E-state index contributed by atoms with van der Waals surface area (Å²) in [6, 6.07) is 10.7. The van der Waals surface area contributed by atoms with Gasteiger partial charge in [-0.05, 0) is 54.8 Å². The summed E-state index contributed by atoms with van der Waals surface area (Å²) in [5.74, 6) is -1.30. The van der Waals surface area contributed by atoms with E-state index in [4.69, 9.17) is 4.74 Å². The predicted molar refractivity (Wildman–Crippen MR) is 104 cm³/mol. The molecule has 3 rings (SSSR count). The Bertz CT molecular complexity index is 963. The van der Waals surface area contributed by atoms with Crippen molar-refractivity contribution in [1.82, 2.24) is 5.32 Å². The molecule has 1 aliphatic rings. The maximum Gasteiger partial charge on any atom is 0.335 e. The summed E-state index contributed by atoms with van der Waals surface area (Å²) in [7, 11) is 0. The minimum atomic E-state index is -0.794. The molecule has 7 heteroatoms. The van der Waals surface area contributed by atoms with Gasteiger partial charge in [0.15, 0.2) is 11.5 Å². The maximum absolute atomic E-state index is 12.9. The van der Waals surface area contributed by atoms with Crippen LogP contribution in [0.25, 0.3) is 6.08 Å². The minimum absolute atomic E-state index is 0.0451. The van der Waals surface area contributed by atoms with Crippen LogP contribution in [-0.4, -0.2) is 29.6 Å². The molecule has 2 aromatic rings. The van der Waals surface area contributed by atoms with Gasteiger partial charge >= 0.3 is 6.03 Å². The third-order valence-corrected chi connectivity index (χ3v) is 4.30. The Kier molecular flexibility index (Phi) is 5.44. The Morgan fingerprint density at radius 3 is 2.43 bits per heavy atom. The summed E-state index contributed by atoms with van der Waals surface area (Å²) >= 11 is 0. The van der Waals surface area contributed by atoms with Crippen molar-refractivity contribution in [2.45, 2.75) is 20.3 Å². The lowest BCUT2D eigenvalue weighted by molar-refractivity contribution is -0.122. The molecule has 7 nitrogen and oxygen atoms in total. The number of aromatic hydroxyl groups is 1. The van der Waals surface area contributed by atoms with Crippen LogP contribution in [0.3, 0.4) is 0 Å². The average Bonchev–Trinajstić information content (AvgIpc) is 2.68. The Balaban J connectivity index is 1.97. The smallest absolute Gasteiger partial charge is 0.335 e. The van der Waals surface area contributed by atoms with E-state index in [-0.39, 0.29) is 17.1 Å². The van der Waals surface area contributed by atoms with E-state index in [1.807, 2.05) is 19.1 Å². The molecule has 144 valence electrons. The third-order valence-electron chi connectivity index (χ3n) is 4.30. The Morgan fingerprint density at radius 2 is 1.79 bits per heavy atom. The molecule has 0 aliphatic carbocycles. The number of rotatable bonds is 5. The van der Waals surface area contributed by atoms with E-state index < -0.39 is 17.8 Å². The van der Waals surface area contributed by atoms with Crippen LogP contribution in [0.15, 0.2) is 48.0 Å². The van der Waals surface area contributed by atoms with Gasteiger partial charge in [0, 0.05) is 0 Å². The van der Waals surface area contributed by atoms with Gasteiger partial charge in [-0.2, -0.15) is 0 Å². The molecule has 28 heavy (non-hydrogen) atoms. The number of carbonyl (C=O) groups excluding carboxylic acids is 3. The molecule has 0 spiro atoms. The van der Waals surface area contributed by atoms with Gasteiger partial charge in [0.25, 0.3) is 11.8 Å². The van der Waals surface area contributed by atoms with E-state index in [0.717, 1.165) is 16.9 Å². The van der Waals surface area contributed by atoms with Gasteiger partial charge in [-0.3, -0.25) is 14.9 Å². The van der Waals surface area contributed by atoms with Crippen LogP contribution in [0.4, 0.5) is 10.5 Å². The molecular weight excluding hydrogens is 360 g/mol. The highest BCUT2D eigenvalue weighted by molar-refractivity contribution is 6.39. The molecule has 0 atom stereocenters. The average molecular weight is 380 g/mol. The van der Waals surface area contributed by atoms with Gasteiger partial charge in [-0.15, -0.1) is 0 Å². The van der Waals surface area contributed by atoms with Crippen molar-refractivity contribution in [2.75, 3.05) is 11.5 Å². The van der Waals surface area contributed by atoms with Crippen LogP contribution >= 0.6 is 0 Å². The molecule has 2 aromatic carbocycles. The van der Waals surface area contributed by atoms with E-state index in [9.17, 15) is 19.5 Å². The summed E-state index contributed by atoms with van der Waals surface area (Å²) in [4.78, 5) is 38.3. The number of nitrogens with one attached hydrogen (secondary N) is 1. The highest BCUT2D eigenvalue weighted by Gasteiger charge is 2.36. The molecule has 2 N–H and O–H groups in total. The van der Waals surface area contributed by atoms with Crippen molar-refractivity contribution in [1.29, 1.82) is 0 Å². The molecule has 0 radical (unpaired) electrons. The van der Waals surface area contributed by atoms with Crippen molar-refractivity contribution >= 4 is 29.6 Å². The maximum atomic E-state index is 12.9. The fraction of sp³-hybridized carbons (Fsp3) is 0.190. The molecule has 0 saturated carbocycles. The number of phenolic OH excluding ortho intramolecular Hbond substituents is 1. The number of benzene rings is 2. The number of carbonyl (C=O) groups is 3. The molecule has 0 unspecified atom stereocenters. The normalized spacial score (nSPS) is 15.7. The lowest BCUT2D eigenvalue weighted by atomic mass is 10.1. The van der Waals surface area contributed by atoms with Crippen LogP contribution < -0.4 is 15.0 Å². The van der Waals surface area contributed by atoms with Crippen LogP contribution in [0.1, 0.15) is 25.0 Å². The molecule has 0 aromatic heterocycles. The highest BCUT2D eigenvalue weighted by atomic mass is 16.5. The second kappa shape index (κ2) is 7.96. The summed E-state index contributed by atoms with van der Waals surface area (Å²) < 4.78 is 5.32. The molecule has 1 fully saturated rings. The Morgan fingerprint density at radius 1 is 1.07 bits per heavy atom. The zero-order valence-electron chi connectivity index (χ0n) is 15.6. The third kappa shape index (κ3) is 3.73. The van der Waals surface area contributed by atoms with Crippen molar-refractivity contribution in [3.05, 3.63) is 59.2 Å². The number of amides is 4. The number of urea groups is 1. The fourth-order valence-electron chi connectivity index (χ4n) is 2.83. The number of anilines is 1. The van der Waals surface area contributed by atoms with Gasteiger partial charge in [0.05, 0.1) is 12.3 Å². The second-order valence-corrected chi connectivity index (χ2v) is 6.14. The van der Waals surface area contributed by atoms with Gasteiger partial charge in [0.1, 0.15) is 5.57 Å². The van der Waals surface area contributed by atoms with Crippen molar-refractivity contribution in [3.8, 4) is 11.5 Å². The Labute approximate surface area is 162 Å². The number of imide groups is 2. The minimum Gasteiger partial charge on any atom is -0.504 e. The van der Waals surface area contributed by atoms with E-state index in [1.54, 1.807) is 25.1 Å². The predicted octanol–water partition coefficient (Wildman–Crippen LogP) is 3.02. The highest BCUT2D eigenvalue weighted by Crippen LogP contribution is 2.29. The topological polar surface area (TPSA) is 95.9 Å². The molecule has 1 heterocycles. The molecule has 4 amide bonds. The molecule has 1 aliphatic heterocycles. The van der Waals surface area contributed by atoms with E-state index in [2.05, 4.69) is 5.32 Å². The number of hydrogen-bond acceptors (Lipinski definition) is 5. The molecule has 0 bridgehead atoms. The Hall–Kier alpha value is -3.61. The van der Waals surface area contributed by atoms with Crippen molar-refractivity contribution in [2.24, 2.45) is 0 Å². The first-order valence-electron chi connectivity index (χ1n) is 8.90. The number of phenols is 1. The van der Waals surface area contributed by atoms with Crippen LogP contribution in [-0.2, 0) is 16.0 Å². The standard InChI is InChI=1S/C21H20N2O5/c1-3-13-5-8-15(9-6-13)23-20(26)16(19(25)22-21(23)27)11-14-7-10-17(24)18(12-14)28-4-2/h5-12,24H,3-4H2,1-2H3,(H,22,25,27)/b16-11+. The first kappa shape index (κ1) is 19.2. The number of barbiturate groups is 1. The zero-order chi connectivity index (χ0) is 20.3. The quantitative estimate of drug-likeness (QED) is 0.614. The lowest BCUT2D eigenvalue weighted by Crippen LogP contribution is -2.54. The monoisotopic (exact) mass is 380 g/mol. The number of nitrogens with zero attached hydrogens (tertiary/aromatic N) is 1. The first-order valence-corrected chi connectivity index (χ1v) is 8.90. The van der Waals surface area contributed by atoms with Crippen LogP contribution in [0.2, 0.25) is 0 Å². The summed E-state index contributed by atoms with van der Waals surface area (Å²) in [6.07, 6.45) is 2.19. The first-order chi connectivity index (χ1) is 13.4. The van der Waals surface area contributed by atoms with E-state index in [0.29, 0.717) is 17.9 Å². The molecule has 1 saturated heterocycles. The lowest BCUT2D eigenvalue weighted by Gasteiger charge is -2.26. The van der Waals surface area contributed by atoms with Crippen LogP contribution in [0.5, 0.6) is 11.5 Å². The van der Waals surface area contributed by atoms with Gasteiger partial charge in [-0.25, -0.2) is 9.69 Å². The summed E-state index contributed by atoms with van der Waals surface area (Å²) in [6.45, 7) is 4.13. The van der Waals surface area contributed by atoms with Gasteiger partial charge < -0.3 is 9.84 Å². The van der Waals surface area contributed by atoms with E-state index >= 15 is 0 Å². The zero-order valence-corrected chi connectivity index (χ0v) is 15.6. The summed E-state index contributed by atoms with van der Waals surface area (Å²) in [5.41, 5.74) is 1.73. The fourth-order valence-corrected chi connectivity index (χ4v) is 2.83. The molecular formula is C21H20N2O5. The summed E-state index contributed by atoms with van der Waals surface area (Å²) in [5, 5.41) is 12.0. The van der Waals surface area contributed by atoms with Gasteiger partial charge in [-0.1, -0.05) is 25.1 Å². The van der Waals surface area contributed by atoms with Gasteiger partial charge in [0.2, 0.25) is 0 Å². The van der Waals surface area contributed by atoms with E-state index in [1.165, 1.54) is 18.2 Å². The van der Waals surface area contributed by atoms with Crippen molar-refractivity contribution in [3.63, 3.8) is 0 Å².